The van der Waals surface area contributed by atoms with Crippen LogP contribution in [0.3, 0.4) is 0 Å². The van der Waals surface area contributed by atoms with E-state index in [1.807, 2.05) is 18.2 Å². The van der Waals surface area contributed by atoms with Gasteiger partial charge in [0, 0.05) is 16.6 Å². The molecule has 2 nitrogen and oxygen atoms in total. The van der Waals surface area contributed by atoms with Crippen LogP contribution in [0.2, 0.25) is 0 Å². The lowest BCUT2D eigenvalue weighted by atomic mass is 10.2. The lowest BCUT2D eigenvalue weighted by Crippen LogP contribution is -1.99. The van der Waals surface area contributed by atoms with E-state index in [1.165, 1.54) is 12.8 Å². The summed E-state index contributed by atoms with van der Waals surface area (Å²) in [6.45, 7) is 1.52. The molecule has 2 rings (SSSR count). The molecule has 0 atom stereocenters. The Bertz CT molecular complexity index is 334. The summed E-state index contributed by atoms with van der Waals surface area (Å²) in [5.41, 5.74) is 1.10. The largest absolute Gasteiger partial charge is 0.496 e. The summed E-state index contributed by atoms with van der Waals surface area (Å²) < 4.78 is 12.0. The summed E-state index contributed by atoms with van der Waals surface area (Å²) in [6.07, 6.45) is 2.66. The molecule has 15 heavy (non-hydrogen) atoms. The summed E-state index contributed by atoms with van der Waals surface area (Å²) in [6, 6.07) is 5.98. The Morgan fingerprint density at radius 3 is 2.87 bits per heavy atom. The zero-order chi connectivity index (χ0) is 10.7. The molecule has 82 valence electrons. The monoisotopic (exact) mass is 270 g/mol. The van der Waals surface area contributed by atoms with Crippen LogP contribution >= 0.6 is 15.9 Å². The molecule has 0 radical (unpaired) electrons. The van der Waals surface area contributed by atoms with E-state index in [1.54, 1.807) is 7.11 Å². The highest BCUT2D eigenvalue weighted by Crippen LogP contribution is 2.30. The normalized spacial score (nSPS) is 15.3. The van der Waals surface area contributed by atoms with Crippen molar-refractivity contribution in [2.45, 2.75) is 19.4 Å². The molecule has 0 aliphatic heterocycles. The van der Waals surface area contributed by atoms with Crippen molar-refractivity contribution in [1.29, 1.82) is 0 Å². The lowest BCUT2D eigenvalue weighted by molar-refractivity contribution is 0.109. The van der Waals surface area contributed by atoms with E-state index in [4.69, 9.17) is 9.47 Å². The van der Waals surface area contributed by atoms with E-state index in [0.29, 0.717) is 6.61 Å². The molecule has 1 aromatic rings. The van der Waals surface area contributed by atoms with Crippen molar-refractivity contribution in [3.63, 3.8) is 0 Å². The van der Waals surface area contributed by atoms with Crippen LogP contribution in [-0.4, -0.2) is 13.7 Å². The Hall–Kier alpha value is -0.540. The van der Waals surface area contributed by atoms with Crippen LogP contribution in [0.5, 0.6) is 5.75 Å². The summed E-state index contributed by atoms with van der Waals surface area (Å²) in [5, 5.41) is 0. The number of ether oxygens (including phenoxy) is 2. The number of hydrogen-bond acceptors (Lipinski definition) is 2. The Morgan fingerprint density at radius 2 is 2.20 bits per heavy atom. The van der Waals surface area contributed by atoms with Gasteiger partial charge in [0.05, 0.1) is 13.7 Å². The fourth-order valence-corrected chi connectivity index (χ4v) is 1.89. The molecule has 1 saturated carbocycles. The Kier molecular flexibility index (Phi) is 3.65. The van der Waals surface area contributed by atoms with Gasteiger partial charge in [0.1, 0.15) is 5.75 Å². The molecular formula is C12H15BrO2. The molecule has 0 unspecified atom stereocenters. The van der Waals surface area contributed by atoms with Crippen molar-refractivity contribution in [3.8, 4) is 5.75 Å². The van der Waals surface area contributed by atoms with Gasteiger partial charge >= 0.3 is 0 Å². The van der Waals surface area contributed by atoms with Crippen molar-refractivity contribution in [3.05, 3.63) is 28.2 Å². The summed E-state index contributed by atoms with van der Waals surface area (Å²) in [7, 11) is 1.69. The molecule has 3 heteroatoms. The quantitative estimate of drug-likeness (QED) is 0.817. The van der Waals surface area contributed by atoms with Crippen LogP contribution in [0.1, 0.15) is 18.4 Å². The van der Waals surface area contributed by atoms with Gasteiger partial charge in [-0.05, 0) is 37.0 Å². The minimum Gasteiger partial charge on any atom is -0.496 e. The van der Waals surface area contributed by atoms with Gasteiger partial charge in [0.25, 0.3) is 0 Å². The minimum atomic E-state index is 0.638. The maximum Gasteiger partial charge on any atom is 0.124 e. The van der Waals surface area contributed by atoms with Crippen LogP contribution in [0.4, 0.5) is 0 Å². The summed E-state index contributed by atoms with van der Waals surface area (Å²) >= 11 is 3.45. The van der Waals surface area contributed by atoms with E-state index in [9.17, 15) is 0 Å². The molecule has 1 aliphatic carbocycles. The Balaban J connectivity index is 1.94. The van der Waals surface area contributed by atoms with Crippen LogP contribution in [0.15, 0.2) is 22.7 Å². The third-order valence-electron chi connectivity index (χ3n) is 2.55. The molecular weight excluding hydrogens is 256 g/mol. The highest BCUT2D eigenvalue weighted by molar-refractivity contribution is 9.10. The topological polar surface area (TPSA) is 18.5 Å². The van der Waals surface area contributed by atoms with Crippen LogP contribution in [0, 0.1) is 5.92 Å². The second-order valence-corrected chi connectivity index (χ2v) is 4.83. The second-order valence-electron chi connectivity index (χ2n) is 3.91. The van der Waals surface area contributed by atoms with E-state index in [0.717, 1.165) is 28.3 Å². The van der Waals surface area contributed by atoms with E-state index >= 15 is 0 Å². The fourth-order valence-electron chi connectivity index (χ4n) is 1.48. The zero-order valence-electron chi connectivity index (χ0n) is 8.83. The third kappa shape index (κ3) is 3.21. The Labute approximate surface area is 98.7 Å². The number of rotatable bonds is 5. The van der Waals surface area contributed by atoms with Crippen molar-refractivity contribution >= 4 is 15.9 Å². The minimum absolute atomic E-state index is 0.638. The lowest BCUT2D eigenvalue weighted by Gasteiger charge is -2.09. The average Bonchev–Trinajstić information content (AvgIpc) is 3.02. The van der Waals surface area contributed by atoms with Gasteiger partial charge in [-0.15, -0.1) is 0 Å². The maximum atomic E-state index is 5.64. The number of benzene rings is 1. The molecule has 0 heterocycles. The molecule has 0 spiro atoms. The van der Waals surface area contributed by atoms with Gasteiger partial charge in [0.2, 0.25) is 0 Å². The van der Waals surface area contributed by atoms with Gasteiger partial charge < -0.3 is 9.47 Å². The molecule has 0 aromatic heterocycles. The van der Waals surface area contributed by atoms with Gasteiger partial charge in [-0.2, -0.15) is 0 Å². The van der Waals surface area contributed by atoms with Gasteiger partial charge in [-0.3, -0.25) is 0 Å². The highest BCUT2D eigenvalue weighted by atomic mass is 79.9. The first-order chi connectivity index (χ1) is 7.29. The van der Waals surface area contributed by atoms with Gasteiger partial charge in [-0.1, -0.05) is 15.9 Å². The molecule has 1 aromatic carbocycles. The summed E-state index contributed by atoms with van der Waals surface area (Å²) in [4.78, 5) is 0. The van der Waals surface area contributed by atoms with Crippen LogP contribution in [-0.2, 0) is 11.3 Å². The molecule has 0 amide bonds. The highest BCUT2D eigenvalue weighted by Gasteiger charge is 2.21. The number of methoxy groups -OCH3 is 1. The van der Waals surface area contributed by atoms with Gasteiger partial charge in [0.15, 0.2) is 0 Å². The first-order valence-electron chi connectivity index (χ1n) is 5.20. The molecule has 0 bridgehead atoms. The smallest absolute Gasteiger partial charge is 0.124 e. The summed E-state index contributed by atoms with van der Waals surface area (Å²) in [5.74, 6) is 1.71. The van der Waals surface area contributed by atoms with E-state index in [-0.39, 0.29) is 0 Å². The third-order valence-corrected chi connectivity index (χ3v) is 3.04. The van der Waals surface area contributed by atoms with Crippen molar-refractivity contribution in [1.82, 2.24) is 0 Å². The average molecular weight is 271 g/mol. The first-order valence-corrected chi connectivity index (χ1v) is 5.99. The van der Waals surface area contributed by atoms with Crippen LogP contribution in [0.25, 0.3) is 0 Å². The van der Waals surface area contributed by atoms with E-state index in [2.05, 4.69) is 15.9 Å². The Morgan fingerprint density at radius 1 is 1.40 bits per heavy atom. The SMILES string of the molecule is COc1ccc(Br)cc1COCC1CC1. The number of hydrogen-bond donors (Lipinski definition) is 0. The maximum absolute atomic E-state index is 5.64. The van der Waals surface area contributed by atoms with Crippen molar-refractivity contribution < 1.29 is 9.47 Å². The van der Waals surface area contributed by atoms with Gasteiger partial charge in [-0.25, -0.2) is 0 Å². The van der Waals surface area contributed by atoms with E-state index < -0.39 is 0 Å². The van der Waals surface area contributed by atoms with Crippen molar-refractivity contribution in [2.24, 2.45) is 5.92 Å². The molecule has 1 aliphatic rings. The van der Waals surface area contributed by atoms with Crippen LogP contribution < -0.4 is 4.74 Å². The predicted molar refractivity (Wildman–Crippen MR) is 63.1 cm³/mol. The second kappa shape index (κ2) is 4.99. The predicted octanol–water partition coefficient (Wildman–Crippen LogP) is 3.38. The zero-order valence-corrected chi connectivity index (χ0v) is 10.4. The molecule has 1 fully saturated rings. The first kappa shape index (κ1) is 11.0. The van der Waals surface area contributed by atoms with Crippen molar-refractivity contribution in [2.75, 3.05) is 13.7 Å². The molecule has 0 saturated heterocycles. The molecule has 0 N–H and O–H groups in total. The standard InChI is InChI=1S/C12H15BrO2/c1-14-12-5-4-11(13)6-10(12)8-15-7-9-2-3-9/h4-6,9H,2-3,7-8H2,1H3. The number of halogens is 1. The fraction of sp³-hybridized carbons (Fsp3) is 0.500.